The lowest BCUT2D eigenvalue weighted by Crippen LogP contribution is -2.29. The third-order valence-corrected chi connectivity index (χ3v) is 3.48. The summed E-state index contributed by atoms with van der Waals surface area (Å²) < 4.78 is 0. The summed E-state index contributed by atoms with van der Waals surface area (Å²) in [5, 5.41) is 9.43. The van der Waals surface area contributed by atoms with Gasteiger partial charge in [-0.3, -0.25) is 14.6 Å². The molecule has 1 aliphatic rings. The monoisotopic (exact) mass is 308 g/mol. The number of aromatic nitrogens is 1. The SMILES string of the molecule is O=C1c2cccnc2C(=O)N1c1cc(Cl)c(O)c(Cl)c1. The number of halogens is 2. The van der Waals surface area contributed by atoms with E-state index in [2.05, 4.69) is 4.98 Å². The molecule has 20 heavy (non-hydrogen) atoms. The number of nitrogens with zero attached hydrogens (tertiary/aromatic N) is 2. The van der Waals surface area contributed by atoms with Gasteiger partial charge in [0, 0.05) is 6.20 Å². The van der Waals surface area contributed by atoms with Crippen LogP contribution < -0.4 is 4.90 Å². The smallest absolute Gasteiger partial charge is 0.284 e. The lowest BCUT2D eigenvalue weighted by molar-refractivity contribution is 0.0924. The normalized spacial score (nSPS) is 13.8. The van der Waals surface area contributed by atoms with Crippen LogP contribution in [0.4, 0.5) is 5.69 Å². The summed E-state index contributed by atoms with van der Waals surface area (Å²) in [6.07, 6.45) is 1.43. The molecule has 0 spiro atoms. The molecule has 1 aliphatic heterocycles. The number of carbonyl (C=O) groups is 2. The van der Waals surface area contributed by atoms with Gasteiger partial charge in [0.05, 0.1) is 21.3 Å². The number of hydrogen-bond donors (Lipinski definition) is 1. The topological polar surface area (TPSA) is 70.5 Å². The Hall–Kier alpha value is -2.11. The van der Waals surface area contributed by atoms with E-state index in [1.54, 1.807) is 6.07 Å². The van der Waals surface area contributed by atoms with Gasteiger partial charge in [0.2, 0.25) is 0 Å². The van der Waals surface area contributed by atoms with Crippen LogP contribution in [0.1, 0.15) is 20.8 Å². The minimum Gasteiger partial charge on any atom is -0.505 e. The molecule has 1 aromatic heterocycles. The van der Waals surface area contributed by atoms with Crippen molar-refractivity contribution in [3.63, 3.8) is 0 Å². The van der Waals surface area contributed by atoms with Gasteiger partial charge in [-0.15, -0.1) is 0 Å². The third kappa shape index (κ3) is 1.75. The van der Waals surface area contributed by atoms with Gasteiger partial charge in [0.25, 0.3) is 11.8 Å². The van der Waals surface area contributed by atoms with E-state index in [1.807, 2.05) is 0 Å². The molecule has 2 heterocycles. The number of imide groups is 1. The molecular weight excluding hydrogens is 303 g/mol. The molecule has 7 heteroatoms. The summed E-state index contributed by atoms with van der Waals surface area (Å²) in [5.41, 5.74) is 0.487. The van der Waals surface area contributed by atoms with Crippen LogP contribution in [0.15, 0.2) is 30.5 Å². The van der Waals surface area contributed by atoms with Crippen molar-refractivity contribution >= 4 is 40.7 Å². The Kier molecular flexibility index (Phi) is 2.88. The zero-order valence-corrected chi connectivity index (χ0v) is 11.3. The molecular formula is C13H6Cl2N2O3. The summed E-state index contributed by atoms with van der Waals surface area (Å²) in [5.74, 6) is -1.36. The van der Waals surface area contributed by atoms with Crippen LogP contribution in [0.5, 0.6) is 5.75 Å². The lowest BCUT2D eigenvalue weighted by Gasteiger charge is -2.15. The van der Waals surface area contributed by atoms with Crippen molar-refractivity contribution in [2.45, 2.75) is 0 Å². The van der Waals surface area contributed by atoms with E-state index < -0.39 is 11.8 Å². The highest BCUT2D eigenvalue weighted by molar-refractivity contribution is 6.39. The van der Waals surface area contributed by atoms with Crippen LogP contribution in [0, 0.1) is 0 Å². The molecule has 5 nitrogen and oxygen atoms in total. The number of pyridine rings is 1. The van der Waals surface area contributed by atoms with Gasteiger partial charge in [0.15, 0.2) is 5.75 Å². The Labute approximate surface area is 123 Å². The van der Waals surface area contributed by atoms with E-state index in [0.717, 1.165) is 4.90 Å². The number of carbonyl (C=O) groups excluding carboxylic acids is 2. The second kappa shape index (κ2) is 4.47. The van der Waals surface area contributed by atoms with E-state index in [1.165, 1.54) is 24.4 Å². The molecule has 1 aromatic carbocycles. The first-order valence-electron chi connectivity index (χ1n) is 5.52. The number of amides is 2. The molecule has 3 rings (SSSR count). The predicted octanol–water partition coefficient (Wildman–Crippen LogP) is 2.89. The average molecular weight is 309 g/mol. The zero-order chi connectivity index (χ0) is 14.4. The van der Waals surface area contributed by atoms with Crippen LogP contribution >= 0.6 is 23.2 Å². The molecule has 0 saturated carbocycles. The van der Waals surface area contributed by atoms with Crippen LogP contribution in [0.25, 0.3) is 0 Å². The fraction of sp³-hybridized carbons (Fsp3) is 0. The maximum atomic E-state index is 12.2. The molecule has 100 valence electrons. The number of aromatic hydroxyl groups is 1. The number of anilines is 1. The fourth-order valence-corrected chi connectivity index (χ4v) is 2.46. The van der Waals surface area contributed by atoms with Crippen molar-refractivity contribution in [1.29, 1.82) is 0 Å². The first-order chi connectivity index (χ1) is 9.50. The largest absolute Gasteiger partial charge is 0.505 e. The van der Waals surface area contributed by atoms with Gasteiger partial charge < -0.3 is 5.11 Å². The molecule has 0 bridgehead atoms. The first kappa shape index (κ1) is 12.9. The molecule has 0 fully saturated rings. The van der Waals surface area contributed by atoms with Crippen LogP contribution in [-0.2, 0) is 0 Å². The Bertz CT molecular complexity index is 703. The van der Waals surface area contributed by atoms with Gasteiger partial charge in [-0.2, -0.15) is 0 Å². The van der Waals surface area contributed by atoms with Crippen molar-refractivity contribution in [1.82, 2.24) is 4.98 Å². The van der Waals surface area contributed by atoms with Crippen molar-refractivity contribution in [2.24, 2.45) is 0 Å². The minimum atomic E-state index is -0.552. The van der Waals surface area contributed by atoms with Gasteiger partial charge in [0.1, 0.15) is 5.69 Å². The van der Waals surface area contributed by atoms with E-state index in [-0.39, 0.29) is 32.7 Å². The maximum Gasteiger partial charge on any atom is 0.284 e. The third-order valence-electron chi connectivity index (χ3n) is 2.91. The predicted molar refractivity (Wildman–Crippen MR) is 73.5 cm³/mol. The van der Waals surface area contributed by atoms with Crippen molar-refractivity contribution < 1.29 is 14.7 Å². The molecule has 2 aromatic rings. The van der Waals surface area contributed by atoms with Crippen LogP contribution in [0.2, 0.25) is 10.0 Å². The number of fused-ring (bicyclic) bond motifs is 1. The number of rotatable bonds is 1. The fourth-order valence-electron chi connectivity index (χ4n) is 1.98. The van der Waals surface area contributed by atoms with Gasteiger partial charge >= 0.3 is 0 Å². The molecule has 0 saturated heterocycles. The number of phenolic OH excluding ortho intramolecular Hbond substituents is 1. The highest BCUT2D eigenvalue weighted by Gasteiger charge is 2.38. The lowest BCUT2D eigenvalue weighted by atomic mass is 10.2. The molecule has 0 radical (unpaired) electrons. The zero-order valence-electron chi connectivity index (χ0n) is 9.80. The van der Waals surface area contributed by atoms with Crippen molar-refractivity contribution in [2.75, 3.05) is 4.90 Å². The second-order valence-electron chi connectivity index (χ2n) is 4.10. The van der Waals surface area contributed by atoms with E-state index in [4.69, 9.17) is 23.2 Å². The number of phenols is 1. The first-order valence-corrected chi connectivity index (χ1v) is 6.28. The summed E-state index contributed by atoms with van der Waals surface area (Å²) in [6, 6.07) is 5.69. The van der Waals surface area contributed by atoms with E-state index >= 15 is 0 Å². The van der Waals surface area contributed by atoms with Crippen molar-refractivity contribution in [3.8, 4) is 5.75 Å². The summed E-state index contributed by atoms with van der Waals surface area (Å²) in [6.45, 7) is 0. The summed E-state index contributed by atoms with van der Waals surface area (Å²) in [4.78, 5) is 29.3. The number of benzene rings is 1. The Morgan fingerprint density at radius 2 is 1.75 bits per heavy atom. The Morgan fingerprint density at radius 1 is 1.10 bits per heavy atom. The average Bonchev–Trinajstić information content (AvgIpc) is 2.68. The van der Waals surface area contributed by atoms with Crippen LogP contribution in [0.3, 0.4) is 0 Å². The van der Waals surface area contributed by atoms with Crippen molar-refractivity contribution in [3.05, 3.63) is 51.8 Å². The number of hydrogen-bond acceptors (Lipinski definition) is 4. The molecule has 0 aliphatic carbocycles. The summed E-state index contributed by atoms with van der Waals surface area (Å²) >= 11 is 11.6. The van der Waals surface area contributed by atoms with Gasteiger partial charge in [-0.1, -0.05) is 23.2 Å². The standard InChI is InChI=1S/C13H6Cl2N2O3/c14-8-4-6(5-9(15)11(8)18)17-12(19)7-2-1-3-16-10(7)13(17)20/h1-5,18H. The Morgan fingerprint density at radius 3 is 2.35 bits per heavy atom. The van der Waals surface area contributed by atoms with E-state index in [9.17, 15) is 14.7 Å². The molecule has 1 N–H and O–H groups in total. The summed E-state index contributed by atoms with van der Waals surface area (Å²) in [7, 11) is 0. The molecule has 0 unspecified atom stereocenters. The second-order valence-corrected chi connectivity index (χ2v) is 4.92. The quantitative estimate of drug-likeness (QED) is 0.822. The van der Waals surface area contributed by atoms with Crippen LogP contribution in [-0.4, -0.2) is 21.9 Å². The van der Waals surface area contributed by atoms with E-state index in [0.29, 0.717) is 0 Å². The molecule has 0 atom stereocenters. The highest BCUT2D eigenvalue weighted by Crippen LogP contribution is 2.38. The van der Waals surface area contributed by atoms with Gasteiger partial charge in [-0.25, -0.2) is 4.90 Å². The molecule has 2 amide bonds. The minimum absolute atomic E-state index is 0.0444. The highest BCUT2D eigenvalue weighted by atomic mass is 35.5. The maximum absolute atomic E-state index is 12.2. The van der Waals surface area contributed by atoms with Gasteiger partial charge in [-0.05, 0) is 24.3 Å². The Balaban J connectivity index is 2.14.